The van der Waals surface area contributed by atoms with Gasteiger partial charge in [-0.25, -0.2) is 0 Å². The molecule has 0 aliphatic rings. The van der Waals surface area contributed by atoms with Crippen LogP contribution in [-0.2, 0) is 0 Å². The molecule has 0 aromatic heterocycles. The van der Waals surface area contributed by atoms with Gasteiger partial charge in [-0.2, -0.15) is 10.5 Å². The summed E-state index contributed by atoms with van der Waals surface area (Å²) in [4.78, 5) is 2.05. The fourth-order valence-corrected chi connectivity index (χ4v) is 0.974. The molecule has 0 unspecified atom stereocenters. The molecule has 0 aromatic carbocycles. The molecule has 0 spiro atoms. The molecule has 0 aliphatic carbocycles. The lowest BCUT2D eigenvalue weighted by molar-refractivity contribution is 0.293. The van der Waals surface area contributed by atoms with Gasteiger partial charge in [0.1, 0.15) is 0 Å². The standard InChI is InChI=1S/C10H13N3/c1-2-3-8-13(9-4-6-11)10-5-7-12/h1H,3-5,8-10H2. The average Bonchev–Trinajstić information content (AvgIpc) is 2.17. The lowest BCUT2D eigenvalue weighted by Crippen LogP contribution is -2.26. The monoisotopic (exact) mass is 175 g/mol. The largest absolute Gasteiger partial charge is 0.300 e. The molecule has 3 heteroatoms. The van der Waals surface area contributed by atoms with Crippen molar-refractivity contribution in [2.24, 2.45) is 0 Å². The molecule has 0 saturated heterocycles. The molecule has 3 nitrogen and oxygen atoms in total. The average molecular weight is 175 g/mol. The van der Waals surface area contributed by atoms with Crippen LogP contribution in [0.2, 0.25) is 0 Å². The molecular formula is C10H13N3. The predicted octanol–water partition coefficient (Wildman–Crippen LogP) is 1.14. The van der Waals surface area contributed by atoms with Gasteiger partial charge < -0.3 is 4.90 Å². The number of rotatable bonds is 6. The molecule has 0 fully saturated rings. The summed E-state index contributed by atoms with van der Waals surface area (Å²) in [5.74, 6) is 2.54. The van der Waals surface area contributed by atoms with Crippen LogP contribution in [0.1, 0.15) is 19.3 Å². The van der Waals surface area contributed by atoms with E-state index in [1.807, 2.05) is 4.90 Å². The fraction of sp³-hybridized carbons (Fsp3) is 0.600. The minimum atomic E-state index is 0.496. The van der Waals surface area contributed by atoms with Crippen LogP contribution in [0.25, 0.3) is 0 Å². The predicted molar refractivity (Wildman–Crippen MR) is 50.4 cm³/mol. The minimum absolute atomic E-state index is 0.496. The van der Waals surface area contributed by atoms with Gasteiger partial charge in [0.15, 0.2) is 0 Å². The van der Waals surface area contributed by atoms with Gasteiger partial charge >= 0.3 is 0 Å². The molecular weight excluding hydrogens is 162 g/mol. The van der Waals surface area contributed by atoms with E-state index in [0.29, 0.717) is 32.4 Å². The maximum atomic E-state index is 8.38. The number of nitrogens with zero attached hydrogens (tertiary/aromatic N) is 3. The Hall–Kier alpha value is -1.50. The fourth-order valence-electron chi connectivity index (χ4n) is 0.974. The maximum Gasteiger partial charge on any atom is 0.0635 e. The van der Waals surface area contributed by atoms with Crippen LogP contribution in [-0.4, -0.2) is 24.5 Å². The summed E-state index contributed by atoms with van der Waals surface area (Å²) < 4.78 is 0. The van der Waals surface area contributed by atoms with E-state index in [-0.39, 0.29) is 0 Å². The molecule has 0 N–H and O–H groups in total. The number of hydrogen-bond acceptors (Lipinski definition) is 3. The van der Waals surface area contributed by atoms with Gasteiger partial charge in [-0.15, -0.1) is 12.3 Å². The maximum absolute atomic E-state index is 8.38. The topological polar surface area (TPSA) is 50.8 Å². The Kier molecular flexibility index (Phi) is 7.60. The molecule has 0 atom stereocenters. The summed E-state index contributed by atoms with van der Waals surface area (Å²) >= 11 is 0. The Morgan fingerprint density at radius 3 is 1.77 bits per heavy atom. The van der Waals surface area contributed by atoms with Crippen molar-refractivity contribution in [3.05, 3.63) is 0 Å². The summed E-state index contributed by atoms with van der Waals surface area (Å²) in [7, 11) is 0. The molecule has 0 aliphatic heterocycles. The Bertz CT molecular complexity index is 196. The van der Waals surface area contributed by atoms with Crippen molar-refractivity contribution in [3.63, 3.8) is 0 Å². The molecule has 0 heterocycles. The number of hydrogen-bond donors (Lipinski definition) is 0. The summed E-state index contributed by atoms with van der Waals surface area (Å²) in [6.45, 7) is 2.19. The molecule has 0 saturated carbocycles. The van der Waals surface area contributed by atoms with Crippen LogP contribution < -0.4 is 0 Å². The van der Waals surface area contributed by atoms with Gasteiger partial charge in [-0.05, 0) is 0 Å². The van der Waals surface area contributed by atoms with Crippen molar-refractivity contribution < 1.29 is 0 Å². The van der Waals surface area contributed by atoms with Gasteiger partial charge in [0.25, 0.3) is 0 Å². The number of nitriles is 2. The third kappa shape index (κ3) is 6.88. The normalized spacial score (nSPS) is 8.77. The van der Waals surface area contributed by atoms with Gasteiger partial charge in [-0.3, -0.25) is 0 Å². The van der Waals surface area contributed by atoms with Gasteiger partial charge in [0.2, 0.25) is 0 Å². The van der Waals surface area contributed by atoms with Crippen molar-refractivity contribution >= 4 is 0 Å². The van der Waals surface area contributed by atoms with Gasteiger partial charge in [0, 0.05) is 38.9 Å². The molecule has 0 aromatic rings. The second kappa shape index (κ2) is 8.60. The summed E-state index contributed by atoms with van der Waals surface area (Å²) in [5, 5.41) is 16.8. The first-order chi connectivity index (χ1) is 6.35. The van der Waals surface area contributed by atoms with E-state index >= 15 is 0 Å². The molecule has 0 bridgehead atoms. The molecule has 68 valence electrons. The zero-order valence-electron chi connectivity index (χ0n) is 7.66. The SMILES string of the molecule is C#CCCN(CCC#N)CCC#N. The van der Waals surface area contributed by atoms with Crippen molar-refractivity contribution in [1.29, 1.82) is 10.5 Å². The van der Waals surface area contributed by atoms with E-state index in [9.17, 15) is 0 Å². The lowest BCUT2D eigenvalue weighted by atomic mass is 10.3. The highest BCUT2D eigenvalue weighted by Gasteiger charge is 2.02. The van der Waals surface area contributed by atoms with Crippen LogP contribution in [0, 0.1) is 35.0 Å². The van der Waals surface area contributed by atoms with Gasteiger partial charge in [-0.1, -0.05) is 0 Å². The van der Waals surface area contributed by atoms with Crippen molar-refractivity contribution in [3.8, 4) is 24.5 Å². The Morgan fingerprint density at radius 1 is 0.923 bits per heavy atom. The molecule has 0 rings (SSSR count). The van der Waals surface area contributed by atoms with E-state index in [4.69, 9.17) is 16.9 Å². The van der Waals surface area contributed by atoms with Crippen LogP contribution in [0.15, 0.2) is 0 Å². The third-order valence-corrected chi connectivity index (χ3v) is 1.65. The Labute approximate surface area is 79.6 Å². The zero-order valence-corrected chi connectivity index (χ0v) is 7.66. The van der Waals surface area contributed by atoms with Crippen molar-refractivity contribution in [2.45, 2.75) is 19.3 Å². The van der Waals surface area contributed by atoms with Crippen molar-refractivity contribution in [2.75, 3.05) is 19.6 Å². The minimum Gasteiger partial charge on any atom is -0.300 e. The van der Waals surface area contributed by atoms with Crippen LogP contribution in [0.5, 0.6) is 0 Å². The number of terminal acetylenes is 1. The first kappa shape index (κ1) is 11.5. The summed E-state index contributed by atoms with van der Waals surface area (Å²) in [6, 6.07) is 4.15. The van der Waals surface area contributed by atoms with E-state index in [2.05, 4.69) is 18.1 Å². The Balaban J connectivity index is 3.70. The zero-order chi connectivity index (χ0) is 9.94. The first-order valence-corrected chi connectivity index (χ1v) is 4.25. The molecule has 13 heavy (non-hydrogen) atoms. The Morgan fingerprint density at radius 2 is 1.38 bits per heavy atom. The third-order valence-electron chi connectivity index (χ3n) is 1.65. The second-order valence-corrected chi connectivity index (χ2v) is 2.61. The van der Waals surface area contributed by atoms with Crippen LogP contribution in [0.3, 0.4) is 0 Å². The highest BCUT2D eigenvalue weighted by molar-refractivity contribution is 4.86. The van der Waals surface area contributed by atoms with E-state index < -0.39 is 0 Å². The van der Waals surface area contributed by atoms with Crippen LogP contribution in [0.4, 0.5) is 0 Å². The van der Waals surface area contributed by atoms with Crippen LogP contribution >= 0.6 is 0 Å². The highest BCUT2D eigenvalue weighted by Crippen LogP contribution is 1.95. The van der Waals surface area contributed by atoms with E-state index in [1.165, 1.54) is 0 Å². The summed E-state index contributed by atoms with van der Waals surface area (Å²) in [5.41, 5.74) is 0. The van der Waals surface area contributed by atoms with E-state index in [1.54, 1.807) is 0 Å². The van der Waals surface area contributed by atoms with Gasteiger partial charge in [0.05, 0.1) is 12.1 Å². The van der Waals surface area contributed by atoms with E-state index in [0.717, 1.165) is 6.54 Å². The van der Waals surface area contributed by atoms with Crippen molar-refractivity contribution in [1.82, 2.24) is 4.90 Å². The molecule has 0 amide bonds. The first-order valence-electron chi connectivity index (χ1n) is 4.25. The smallest absolute Gasteiger partial charge is 0.0635 e. The summed E-state index contributed by atoms with van der Waals surface area (Å²) in [6.07, 6.45) is 6.80. The second-order valence-electron chi connectivity index (χ2n) is 2.61. The lowest BCUT2D eigenvalue weighted by Gasteiger charge is -2.17. The quantitative estimate of drug-likeness (QED) is 0.569. The highest BCUT2D eigenvalue weighted by atomic mass is 15.1. The molecule has 0 radical (unpaired) electrons.